The fourth-order valence-corrected chi connectivity index (χ4v) is 4.44. The summed E-state index contributed by atoms with van der Waals surface area (Å²) in [6.45, 7) is 4.15. The summed E-state index contributed by atoms with van der Waals surface area (Å²) in [6, 6.07) is 24.8. The van der Waals surface area contributed by atoms with Crippen LogP contribution in [0.4, 0.5) is 5.69 Å². The molecule has 182 valence electrons. The Morgan fingerprint density at radius 3 is 2.34 bits per heavy atom. The third-order valence-electron chi connectivity index (χ3n) is 6.60. The average molecular weight is 472 g/mol. The Morgan fingerprint density at radius 2 is 1.71 bits per heavy atom. The summed E-state index contributed by atoms with van der Waals surface area (Å²) in [5.74, 6) is -0.138. The molecule has 1 heterocycles. The van der Waals surface area contributed by atoms with Gasteiger partial charge >= 0.3 is 0 Å². The standard InChI is InChI=1S/C29H33N3O3/c1-21-8-12-24(13-9-21)29(35)30-25-14-10-22(11-15-25)18-28(34)31(2)27(23-6-4-3-5-7-23)20-32-17-16-26(33)19-32/h3-15,26-27,33H,16-20H2,1-2H3,(H,30,35)/t26-,27+/m0/s1. The van der Waals surface area contributed by atoms with E-state index in [2.05, 4.69) is 10.2 Å². The lowest BCUT2D eigenvalue weighted by molar-refractivity contribution is -0.131. The number of likely N-dealkylation sites (tertiary alicyclic amines) is 1. The molecular weight excluding hydrogens is 438 g/mol. The molecule has 1 saturated heterocycles. The Bertz CT molecular complexity index is 1130. The SMILES string of the molecule is Cc1ccc(C(=O)Nc2ccc(CC(=O)N(C)[C@H](CN3CC[C@H](O)C3)c3ccccc3)cc2)cc1. The minimum Gasteiger partial charge on any atom is -0.392 e. The molecule has 3 aromatic rings. The number of aliphatic hydroxyl groups excluding tert-OH is 1. The summed E-state index contributed by atoms with van der Waals surface area (Å²) in [4.78, 5) is 29.7. The molecule has 0 aliphatic carbocycles. The van der Waals surface area contributed by atoms with Gasteiger partial charge in [0.05, 0.1) is 18.6 Å². The lowest BCUT2D eigenvalue weighted by Gasteiger charge is -2.32. The van der Waals surface area contributed by atoms with Gasteiger partial charge in [0.15, 0.2) is 0 Å². The molecule has 1 fully saturated rings. The summed E-state index contributed by atoms with van der Waals surface area (Å²) in [7, 11) is 1.85. The second-order valence-electron chi connectivity index (χ2n) is 9.33. The third kappa shape index (κ3) is 6.56. The highest BCUT2D eigenvalue weighted by molar-refractivity contribution is 6.04. The topological polar surface area (TPSA) is 72.9 Å². The molecule has 6 nitrogen and oxygen atoms in total. The first-order valence-corrected chi connectivity index (χ1v) is 12.1. The van der Waals surface area contributed by atoms with Crippen LogP contribution in [0, 0.1) is 6.92 Å². The number of nitrogens with one attached hydrogen (secondary N) is 1. The lowest BCUT2D eigenvalue weighted by atomic mass is 10.0. The van der Waals surface area contributed by atoms with E-state index in [9.17, 15) is 14.7 Å². The Kier molecular flexibility index (Phi) is 7.95. The van der Waals surface area contributed by atoms with Crippen LogP contribution in [0.25, 0.3) is 0 Å². The minimum atomic E-state index is -0.294. The van der Waals surface area contributed by atoms with E-state index in [-0.39, 0.29) is 30.4 Å². The number of carbonyl (C=O) groups is 2. The largest absolute Gasteiger partial charge is 0.392 e. The van der Waals surface area contributed by atoms with Gasteiger partial charge in [-0.1, -0.05) is 60.2 Å². The molecule has 6 heteroatoms. The van der Waals surface area contributed by atoms with Gasteiger partial charge in [0.1, 0.15) is 0 Å². The number of benzene rings is 3. The maximum absolute atomic E-state index is 13.2. The highest BCUT2D eigenvalue weighted by Gasteiger charge is 2.28. The summed E-state index contributed by atoms with van der Waals surface area (Å²) in [5.41, 5.74) is 4.37. The van der Waals surface area contributed by atoms with Crippen LogP contribution in [0.2, 0.25) is 0 Å². The molecule has 0 radical (unpaired) electrons. The van der Waals surface area contributed by atoms with Gasteiger partial charge in [0, 0.05) is 37.9 Å². The molecule has 0 bridgehead atoms. The molecule has 0 aromatic heterocycles. The molecule has 0 unspecified atom stereocenters. The van der Waals surface area contributed by atoms with E-state index in [1.807, 2.05) is 85.6 Å². The summed E-state index contributed by atoms with van der Waals surface area (Å²) in [5, 5.41) is 12.8. The highest BCUT2D eigenvalue weighted by Crippen LogP contribution is 2.24. The molecule has 2 N–H and O–H groups in total. The van der Waals surface area contributed by atoms with Crippen LogP contribution in [0.5, 0.6) is 0 Å². The first kappa shape index (κ1) is 24.6. The Morgan fingerprint density at radius 1 is 1.03 bits per heavy atom. The number of β-amino-alcohol motifs (C(OH)–C–C–N with tert-alkyl or cyclic N) is 1. The van der Waals surface area contributed by atoms with Gasteiger partial charge in [-0.05, 0) is 48.7 Å². The molecule has 35 heavy (non-hydrogen) atoms. The predicted octanol–water partition coefficient (Wildman–Crippen LogP) is 4.06. The number of aliphatic hydroxyl groups is 1. The number of hydrogen-bond acceptors (Lipinski definition) is 4. The Hall–Kier alpha value is -3.48. The van der Waals surface area contributed by atoms with Gasteiger partial charge in [-0.25, -0.2) is 0 Å². The highest BCUT2D eigenvalue weighted by atomic mass is 16.3. The third-order valence-corrected chi connectivity index (χ3v) is 6.60. The van der Waals surface area contributed by atoms with Crippen molar-refractivity contribution in [2.24, 2.45) is 0 Å². The smallest absolute Gasteiger partial charge is 0.255 e. The number of nitrogens with zero attached hydrogens (tertiary/aromatic N) is 2. The van der Waals surface area contributed by atoms with Gasteiger partial charge < -0.3 is 15.3 Å². The second kappa shape index (κ2) is 11.3. The molecule has 4 rings (SSSR count). The van der Waals surface area contributed by atoms with Crippen molar-refractivity contribution in [2.45, 2.75) is 31.9 Å². The number of amides is 2. The molecule has 2 amide bonds. The Labute approximate surface area is 207 Å². The lowest BCUT2D eigenvalue weighted by Crippen LogP contribution is -2.39. The number of carbonyl (C=O) groups excluding carboxylic acids is 2. The molecule has 2 atom stereocenters. The van der Waals surface area contributed by atoms with Crippen LogP contribution < -0.4 is 5.32 Å². The Balaban J connectivity index is 1.39. The van der Waals surface area contributed by atoms with Crippen molar-refractivity contribution < 1.29 is 14.7 Å². The summed E-state index contributed by atoms with van der Waals surface area (Å²) < 4.78 is 0. The van der Waals surface area contributed by atoms with E-state index in [1.54, 1.807) is 12.1 Å². The number of anilines is 1. The fraction of sp³-hybridized carbons (Fsp3) is 0.310. The van der Waals surface area contributed by atoms with Crippen molar-refractivity contribution in [3.05, 3.63) is 101 Å². The van der Waals surface area contributed by atoms with Crippen LogP contribution in [0.1, 0.15) is 39.5 Å². The van der Waals surface area contributed by atoms with Crippen LogP contribution in [-0.4, -0.2) is 59.5 Å². The summed E-state index contributed by atoms with van der Waals surface area (Å²) in [6.07, 6.45) is 0.748. The number of likely N-dealkylation sites (N-methyl/N-ethyl adjacent to an activating group) is 1. The molecule has 1 aliphatic heterocycles. The molecular formula is C29H33N3O3. The van der Waals surface area contributed by atoms with Crippen molar-refractivity contribution in [1.29, 1.82) is 0 Å². The van der Waals surface area contributed by atoms with Crippen LogP contribution in [0.15, 0.2) is 78.9 Å². The maximum atomic E-state index is 13.2. The van der Waals surface area contributed by atoms with Crippen LogP contribution >= 0.6 is 0 Å². The number of rotatable bonds is 8. The molecule has 0 spiro atoms. The molecule has 1 aliphatic rings. The van der Waals surface area contributed by atoms with E-state index >= 15 is 0 Å². The van der Waals surface area contributed by atoms with Gasteiger partial charge in [0.2, 0.25) is 5.91 Å². The van der Waals surface area contributed by atoms with E-state index in [0.717, 1.165) is 29.7 Å². The molecule has 3 aromatic carbocycles. The second-order valence-corrected chi connectivity index (χ2v) is 9.33. The van der Waals surface area contributed by atoms with Gasteiger partial charge in [0.25, 0.3) is 5.91 Å². The molecule has 0 saturated carbocycles. The number of hydrogen-bond donors (Lipinski definition) is 2. The van der Waals surface area contributed by atoms with Crippen LogP contribution in [-0.2, 0) is 11.2 Å². The van der Waals surface area contributed by atoms with E-state index in [0.29, 0.717) is 24.3 Å². The monoisotopic (exact) mass is 471 g/mol. The van der Waals surface area contributed by atoms with Gasteiger partial charge in [-0.15, -0.1) is 0 Å². The quantitative estimate of drug-likeness (QED) is 0.520. The van der Waals surface area contributed by atoms with Gasteiger partial charge in [-0.2, -0.15) is 0 Å². The zero-order chi connectivity index (χ0) is 24.8. The van der Waals surface area contributed by atoms with E-state index in [4.69, 9.17) is 0 Å². The maximum Gasteiger partial charge on any atom is 0.255 e. The first-order valence-electron chi connectivity index (χ1n) is 12.1. The van der Waals surface area contributed by atoms with Crippen molar-refractivity contribution in [2.75, 3.05) is 32.0 Å². The fourth-order valence-electron chi connectivity index (χ4n) is 4.44. The van der Waals surface area contributed by atoms with Crippen LogP contribution in [0.3, 0.4) is 0 Å². The van der Waals surface area contributed by atoms with E-state index in [1.165, 1.54) is 0 Å². The van der Waals surface area contributed by atoms with Crippen molar-refractivity contribution in [3.8, 4) is 0 Å². The average Bonchev–Trinajstić information content (AvgIpc) is 3.28. The first-order chi connectivity index (χ1) is 16.9. The van der Waals surface area contributed by atoms with Crippen molar-refractivity contribution in [1.82, 2.24) is 9.80 Å². The summed E-state index contributed by atoms with van der Waals surface area (Å²) >= 11 is 0. The normalized spacial score (nSPS) is 16.6. The minimum absolute atomic E-state index is 0.0232. The number of aryl methyl sites for hydroxylation is 1. The van der Waals surface area contributed by atoms with Crippen molar-refractivity contribution in [3.63, 3.8) is 0 Å². The van der Waals surface area contributed by atoms with E-state index < -0.39 is 0 Å². The van der Waals surface area contributed by atoms with Gasteiger partial charge in [-0.3, -0.25) is 14.5 Å². The van der Waals surface area contributed by atoms with Crippen molar-refractivity contribution >= 4 is 17.5 Å². The zero-order valence-corrected chi connectivity index (χ0v) is 20.4. The zero-order valence-electron chi connectivity index (χ0n) is 20.4. The predicted molar refractivity (Wildman–Crippen MR) is 138 cm³/mol.